The molecule has 2 nitrogen and oxygen atoms in total. The highest BCUT2D eigenvalue weighted by molar-refractivity contribution is 5.25. The molecule has 5 rings (SSSR count). The third-order valence-corrected chi connectivity index (χ3v) is 8.92. The second kappa shape index (κ2) is 5.66. The van der Waals surface area contributed by atoms with Crippen molar-refractivity contribution in [1.29, 1.82) is 0 Å². The lowest BCUT2D eigenvalue weighted by atomic mass is 9.47. The molecule has 2 heteroatoms. The Balaban J connectivity index is 1.48. The molecule has 6 atom stereocenters. The molecule has 0 radical (unpaired) electrons. The van der Waals surface area contributed by atoms with Gasteiger partial charge in [0.1, 0.15) is 5.82 Å². The minimum atomic E-state index is 0.416. The van der Waals surface area contributed by atoms with Crippen molar-refractivity contribution >= 4 is 0 Å². The zero-order valence-electron chi connectivity index (χ0n) is 15.9. The quantitative estimate of drug-likeness (QED) is 0.595. The molecule has 0 spiro atoms. The Labute approximate surface area is 152 Å². The van der Waals surface area contributed by atoms with Crippen LogP contribution in [0, 0.1) is 28.6 Å². The van der Waals surface area contributed by atoms with Gasteiger partial charge in [0.25, 0.3) is 0 Å². The van der Waals surface area contributed by atoms with Crippen LogP contribution < -0.4 is 0 Å². The summed E-state index contributed by atoms with van der Waals surface area (Å²) in [7, 11) is 0. The van der Waals surface area contributed by atoms with Crippen LogP contribution in [0.4, 0.5) is 0 Å². The Kier molecular flexibility index (Phi) is 3.63. The molecule has 4 aliphatic rings. The van der Waals surface area contributed by atoms with E-state index < -0.39 is 0 Å². The van der Waals surface area contributed by atoms with Crippen LogP contribution in [-0.4, -0.2) is 9.97 Å². The van der Waals surface area contributed by atoms with E-state index in [9.17, 15) is 0 Å². The summed E-state index contributed by atoms with van der Waals surface area (Å²) < 4.78 is 0. The van der Waals surface area contributed by atoms with Crippen LogP contribution in [-0.2, 0) is 0 Å². The average molecular weight is 337 g/mol. The highest BCUT2D eigenvalue weighted by Gasteiger charge is 2.58. The third kappa shape index (κ3) is 2.22. The fourth-order valence-corrected chi connectivity index (χ4v) is 7.61. The predicted molar refractivity (Wildman–Crippen MR) is 101 cm³/mol. The number of fused-ring (bicyclic) bond motifs is 5. The van der Waals surface area contributed by atoms with Crippen LogP contribution in [0.5, 0.6) is 0 Å². The summed E-state index contributed by atoms with van der Waals surface area (Å²) in [4.78, 5) is 9.31. The second-order valence-corrected chi connectivity index (χ2v) is 9.75. The molecular formula is C23H32N2. The molecule has 0 aliphatic heterocycles. The minimum Gasteiger partial charge on any atom is -0.241 e. The lowest BCUT2D eigenvalue weighted by molar-refractivity contribution is -0.0315. The van der Waals surface area contributed by atoms with Crippen molar-refractivity contribution in [2.24, 2.45) is 28.6 Å². The van der Waals surface area contributed by atoms with E-state index in [1.54, 1.807) is 0 Å². The van der Waals surface area contributed by atoms with Gasteiger partial charge in [-0.3, -0.25) is 0 Å². The predicted octanol–water partition coefficient (Wildman–Crippen LogP) is 5.91. The number of rotatable bonds is 1. The van der Waals surface area contributed by atoms with E-state index >= 15 is 0 Å². The Morgan fingerprint density at radius 2 is 1.80 bits per heavy atom. The van der Waals surface area contributed by atoms with Gasteiger partial charge >= 0.3 is 0 Å². The fourth-order valence-electron chi connectivity index (χ4n) is 7.61. The highest BCUT2D eigenvalue weighted by Crippen LogP contribution is 2.67. The third-order valence-electron chi connectivity index (χ3n) is 8.92. The molecule has 134 valence electrons. The van der Waals surface area contributed by atoms with Gasteiger partial charge < -0.3 is 0 Å². The van der Waals surface area contributed by atoms with E-state index in [0.717, 1.165) is 23.6 Å². The summed E-state index contributed by atoms with van der Waals surface area (Å²) in [6.07, 6.45) is 19.1. The first kappa shape index (κ1) is 16.0. The molecule has 25 heavy (non-hydrogen) atoms. The normalized spacial score (nSPS) is 45.9. The molecule has 0 bridgehead atoms. The molecule has 1 aromatic rings. The average Bonchev–Trinajstić information content (AvgIpc) is 2.99. The summed E-state index contributed by atoms with van der Waals surface area (Å²) in [6, 6.07) is 1.95. The maximum Gasteiger partial charge on any atom is 0.131 e. The molecule has 0 unspecified atom stereocenters. The van der Waals surface area contributed by atoms with Crippen molar-refractivity contribution in [2.75, 3.05) is 0 Å². The second-order valence-electron chi connectivity index (χ2n) is 9.75. The maximum absolute atomic E-state index is 4.66. The summed E-state index contributed by atoms with van der Waals surface area (Å²) in [5, 5.41) is 0. The van der Waals surface area contributed by atoms with Gasteiger partial charge in [-0.25, -0.2) is 9.97 Å². The van der Waals surface area contributed by atoms with Crippen LogP contribution in [0.3, 0.4) is 0 Å². The molecule has 0 N–H and O–H groups in total. The van der Waals surface area contributed by atoms with Gasteiger partial charge in [-0.15, -0.1) is 0 Å². The molecule has 1 heterocycles. The lowest BCUT2D eigenvalue weighted by Gasteiger charge is -2.57. The standard InChI is InChI=1S/C23H32N2/c1-22-12-4-3-6-16(22)7-8-17-18-9-10-20(21-24-14-5-15-25-21)23(18,2)13-11-19(17)22/h5,7,14-15,17-20H,3-4,6,8-13H2,1-2H3/t17-,18+,19-,20+,22-,23-/m0/s1. The van der Waals surface area contributed by atoms with Crippen LogP contribution in [0.15, 0.2) is 30.1 Å². The SMILES string of the molecule is C[C@]12CC[C@H]3[C@@H](CC=C4CCCC[C@@]43C)[C@H]1CC[C@@H]2c1ncccn1. The monoisotopic (exact) mass is 336 g/mol. The number of hydrogen-bond acceptors (Lipinski definition) is 2. The van der Waals surface area contributed by atoms with Gasteiger partial charge in [-0.1, -0.05) is 31.9 Å². The van der Waals surface area contributed by atoms with Crippen LogP contribution in [0.2, 0.25) is 0 Å². The first-order valence-corrected chi connectivity index (χ1v) is 10.6. The molecular weight excluding hydrogens is 304 g/mol. The number of aromatic nitrogens is 2. The topological polar surface area (TPSA) is 25.8 Å². The van der Waals surface area contributed by atoms with E-state index in [-0.39, 0.29) is 0 Å². The lowest BCUT2D eigenvalue weighted by Crippen LogP contribution is -2.49. The number of hydrogen-bond donors (Lipinski definition) is 0. The Hall–Kier alpha value is -1.18. The molecule has 0 aromatic carbocycles. The van der Waals surface area contributed by atoms with Crippen molar-refractivity contribution in [3.63, 3.8) is 0 Å². The van der Waals surface area contributed by atoms with Gasteiger partial charge in [-0.05, 0) is 86.0 Å². The smallest absolute Gasteiger partial charge is 0.131 e. The zero-order chi connectivity index (χ0) is 17.1. The molecule has 3 fully saturated rings. The Morgan fingerprint density at radius 1 is 0.960 bits per heavy atom. The fraction of sp³-hybridized carbons (Fsp3) is 0.739. The summed E-state index contributed by atoms with van der Waals surface area (Å²) in [6.45, 7) is 5.19. The molecule has 3 saturated carbocycles. The first-order valence-electron chi connectivity index (χ1n) is 10.6. The van der Waals surface area contributed by atoms with Gasteiger partial charge in [-0.2, -0.15) is 0 Å². The maximum atomic E-state index is 4.66. The van der Waals surface area contributed by atoms with E-state index in [1.807, 2.05) is 24.0 Å². The van der Waals surface area contributed by atoms with Gasteiger partial charge in [0.05, 0.1) is 0 Å². The van der Waals surface area contributed by atoms with E-state index in [2.05, 4.69) is 29.9 Å². The Morgan fingerprint density at radius 3 is 2.64 bits per heavy atom. The summed E-state index contributed by atoms with van der Waals surface area (Å²) in [5.74, 6) is 4.39. The van der Waals surface area contributed by atoms with Gasteiger partial charge in [0, 0.05) is 18.3 Å². The molecule has 0 amide bonds. The van der Waals surface area contributed by atoms with E-state index in [1.165, 1.54) is 57.8 Å². The van der Waals surface area contributed by atoms with Gasteiger partial charge in [0.15, 0.2) is 0 Å². The summed E-state index contributed by atoms with van der Waals surface area (Å²) in [5.41, 5.74) is 2.76. The molecule has 0 saturated heterocycles. The van der Waals surface area contributed by atoms with Crippen molar-refractivity contribution < 1.29 is 0 Å². The minimum absolute atomic E-state index is 0.416. The van der Waals surface area contributed by atoms with Crippen LogP contribution in [0.25, 0.3) is 0 Å². The highest BCUT2D eigenvalue weighted by atomic mass is 14.9. The van der Waals surface area contributed by atoms with Crippen molar-refractivity contribution in [3.8, 4) is 0 Å². The van der Waals surface area contributed by atoms with Crippen molar-refractivity contribution in [2.45, 2.75) is 77.6 Å². The molecule has 1 aromatic heterocycles. The van der Waals surface area contributed by atoms with E-state index in [0.29, 0.717) is 16.7 Å². The summed E-state index contributed by atoms with van der Waals surface area (Å²) >= 11 is 0. The van der Waals surface area contributed by atoms with E-state index in [4.69, 9.17) is 0 Å². The molecule has 4 aliphatic carbocycles. The largest absolute Gasteiger partial charge is 0.241 e. The number of nitrogens with zero attached hydrogens (tertiary/aromatic N) is 2. The van der Waals surface area contributed by atoms with Crippen LogP contribution >= 0.6 is 0 Å². The zero-order valence-corrected chi connectivity index (χ0v) is 15.9. The van der Waals surface area contributed by atoms with Crippen molar-refractivity contribution in [1.82, 2.24) is 9.97 Å². The Bertz CT molecular complexity index is 681. The number of allylic oxidation sites excluding steroid dienone is 2. The van der Waals surface area contributed by atoms with Gasteiger partial charge in [0.2, 0.25) is 0 Å². The first-order chi connectivity index (χ1) is 12.1. The van der Waals surface area contributed by atoms with Crippen molar-refractivity contribution in [3.05, 3.63) is 35.9 Å². The van der Waals surface area contributed by atoms with Crippen LogP contribution in [0.1, 0.15) is 83.4 Å².